The Morgan fingerprint density at radius 3 is 2.33 bits per heavy atom. The molecule has 1 spiro atoms. The van der Waals surface area contributed by atoms with Gasteiger partial charge in [0.2, 0.25) is 23.6 Å². The normalized spacial score (nSPS) is 36.3. The van der Waals surface area contributed by atoms with Crippen molar-refractivity contribution in [1.82, 2.24) is 36.1 Å². The maximum atomic E-state index is 14.7. The Hall–Kier alpha value is -3.22. The van der Waals surface area contributed by atoms with Crippen molar-refractivity contribution in [3.63, 3.8) is 0 Å². The topological polar surface area (TPSA) is 257 Å². The maximum absolute atomic E-state index is 14.7. The van der Waals surface area contributed by atoms with Crippen molar-refractivity contribution < 1.29 is 106 Å². The van der Waals surface area contributed by atoms with Gasteiger partial charge in [-0.05, 0) is 133 Å². The minimum Gasteiger partial charge on any atom is -0.740 e. The number of aromatic nitrogens is 2. The SMILES string of the molecule is C=C1C[C@@H]2CC[C@@]34CC5O[C@H]6[C@@H](O3)[C@H]3O[C@H](CC[C@@H]3O[C@@]6(C)[C@H]5O4)CC(=O)C[C@@H]3[C@@H](CC)[C@@H](C[C@H](O)CNC(=O)CNC(=O)[C@H](CCCCN(C)C)NC(=O)[C@@H](NC(=O)CCCC#Cc4cnc([S-])nc4)C(C)C)O[C@H]3C[C@H]3O[C@@H](CCC1O2)C[C@@H](C)C3=C.[Tb]. The number of nitrogens with one attached hydrogen (secondary N) is 4. The molecule has 0 aromatic carbocycles. The van der Waals surface area contributed by atoms with Gasteiger partial charge < -0.3 is 81.8 Å². The van der Waals surface area contributed by atoms with Crippen LogP contribution >= 0.6 is 0 Å². The molecule has 1 aromatic rings. The van der Waals surface area contributed by atoms with Crippen molar-refractivity contribution in [3.05, 3.63) is 42.3 Å². The Bertz CT molecular complexity index is 2770. The molecule has 4 amide bonds. The van der Waals surface area contributed by atoms with Crippen LogP contribution in [0.25, 0.3) is 0 Å². The minimum atomic E-state index is -1.02. The van der Waals surface area contributed by atoms with Crippen molar-refractivity contribution >= 4 is 42.0 Å². The first-order valence-electron chi connectivity index (χ1n) is 33.2. The number of carbonyl (C=O) groups is 5. The molecule has 5 N–H and O–H groups in total. The van der Waals surface area contributed by atoms with Crippen LogP contribution in [0.15, 0.2) is 41.9 Å². The van der Waals surface area contributed by atoms with Crippen LogP contribution < -0.4 is 21.3 Å². The summed E-state index contributed by atoms with van der Waals surface area (Å²) in [5.41, 5.74) is 2.04. The van der Waals surface area contributed by atoms with Gasteiger partial charge in [-0.2, -0.15) is 0 Å². The van der Waals surface area contributed by atoms with Gasteiger partial charge in [-0.15, -0.1) is 0 Å². The summed E-state index contributed by atoms with van der Waals surface area (Å²) in [6, 6.07) is -1.90. The molecular weight excluding hydrogens is 1320 g/mol. The van der Waals surface area contributed by atoms with E-state index in [1.54, 1.807) is 12.4 Å². The van der Waals surface area contributed by atoms with Crippen molar-refractivity contribution in [1.29, 1.82) is 0 Å². The molecule has 10 fully saturated rings. The van der Waals surface area contributed by atoms with E-state index in [1.807, 2.05) is 32.8 Å². The fourth-order valence-corrected chi connectivity index (χ4v) is 15.7. The standard InChI is InChI=1S/C67H99N7O14S.Tb/c1-10-47-48-29-42(75)28-45-20-22-51-59(83-45)60-62-66(7,86-51)61-55(85-62)32-67(87-60,88-61)24-23-46-27-39(5)50(81-46)21-19-44-26-38(4)40(6)52(82-44)31-54(48)84-53(47)30-43(76)35-68-57(78)36-69-63(79)49(17-14-15-25-74(8)9)72-64(80)58(37(2)3)73-56(77)18-13-11-12-16-41-33-70-65(89)71-34-41;/h33-34,37-38,43-55,58-62,76H,5-6,10-11,13-15,17-32,35-36H2,1-4,7-9H3,(H,68,78)(H,69,79)(H,72,80)(H,73,77)(H,70,71,89);/p-1/t38-,43+,44+,45-,46+,47-,48-,49+,50?,51+,52-,53-,54+,55?,58+,59+,60+,61+,62+,66+,67-;/m1./s1. The number of aliphatic hydroxyl groups excluding tert-OH is 1. The van der Waals surface area contributed by atoms with Crippen LogP contribution in [0.4, 0.5) is 0 Å². The van der Waals surface area contributed by atoms with E-state index in [1.165, 1.54) is 0 Å². The summed E-state index contributed by atoms with van der Waals surface area (Å²) in [4.78, 5) is 78.8. The number of amides is 4. The third-order valence-electron chi connectivity index (χ3n) is 20.4. The predicted octanol–water partition coefficient (Wildman–Crippen LogP) is 5.39. The Morgan fingerprint density at radius 2 is 1.58 bits per heavy atom. The number of aliphatic hydroxyl groups is 1. The summed E-state index contributed by atoms with van der Waals surface area (Å²) in [6.45, 7) is 19.3. The van der Waals surface area contributed by atoms with Crippen LogP contribution in [0, 0.1) is 74.1 Å². The van der Waals surface area contributed by atoms with Crippen LogP contribution in [-0.4, -0.2) is 192 Å². The zero-order valence-corrected chi connectivity index (χ0v) is 56.7. The van der Waals surface area contributed by atoms with Gasteiger partial charge in [0.05, 0.1) is 73.1 Å². The summed E-state index contributed by atoms with van der Waals surface area (Å²) in [7, 11) is 3.92. The first-order valence-corrected chi connectivity index (χ1v) is 33.6. The van der Waals surface area contributed by atoms with Crippen LogP contribution in [0.2, 0.25) is 0 Å². The van der Waals surface area contributed by atoms with E-state index >= 15 is 0 Å². The number of Topliss-reactive ketones (excluding diaryl/α,β-unsaturated/α-hetero) is 1. The molecule has 12 bridgehead atoms. The molecule has 10 saturated heterocycles. The van der Waals surface area contributed by atoms with Gasteiger partial charge in [0.15, 0.2) is 5.79 Å². The quantitative estimate of drug-likeness (QED) is 0.0361. The third kappa shape index (κ3) is 17.2. The second-order valence-electron chi connectivity index (χ2n) is 27.8. The van der Waals surface area contributed by atoms with Crippen LogP contribution in [0.3, 0.4) is 0 Å². The molecule has 10 aliphatic rings. The summed E-state index contributed by atoms with van der Waals surface area (Å²) in [6.07, 6.45) is 9.70. The minimum absolute atomic E-state index is 0. The van der Waals surface area contributed by atoms with Crippen LogP contribution in [0.1, 0.15) is 169 Å². The second-order valence-corrected chi connectivity index (χ2v) is 28.1. The molecular formula is C67H98N7O14STb-. The third-order valence-corrected chi connectivity index (χ3v) is 20.6. The summed E-state index contributed by atoms with van der Waals surface area (Å²) >= 11 is 4.92. The van der Waals surface area contributed by atoms with Crippen molar-refractivity contribution in [2.75, 3.05) is 33.7 Å². The number of fused-ring (bicyclic) bond motifs is 6. The molecule has 21 nitrogen and oxygen atoms in total. The second kappa shape index (κ2) is 31.6. The molecule has 10 aliphatic heterocycles. The first kappa shape index (κ1) is 71.1. The molecule has 90 heavy (non-hydrogen) atoms. The maximum Gasteiger partial charge on any atom is 0.243 e. The van der Waals surface area contributed by atoms with E-state index in [2.05, 4.69) is 77.0 Å². The van der Waals surface area contributed by atoms with E-state index in [9.17, 15) is 29.1 Å². The molecule has 21 atom stereocenters. The van der Waals surface area contributed by atoms with E-state index in [0.29, 0.717) is 69.8 Å². The van der Waals surface area contributed by atoms with E-state index < -0.39 is 72.2 Å². The van der Waals surface area contributed by atoms with Crippen molar-refractivity contribution in [3.8, 4) is 11.8 Å². The zero-order chi connectivity index (χ0) is 63.3. The Labute approximate surface area is 568 Å². The number of hydrogen-bond acceptors (Lipinski definition) is 18. The smallest absolute Gasteiger partial charge is 0.243 e. The first-order chi connectivity index (χ1) is 42.6. The van der Waals surface area contributed by atoms with Gasteiger partial charge in [0, 0.05) is 114 Å². The van der Waals surface area contributed by atoms with Crippen molar-refractivity contribution in [2.45, 2.75) is 277 Å². The van der Waals surface area contributed by atoms with Gasteiger partial charge in [-0.1, -0.05) is 59.1 Å². The van der Waals surface area contributed by atoms with Gasteiger partial charge >= 0.3 is 0 Å². The van der Waals surface area contributed by atoms with Crippen LogP contribution in [-0.2, 0) is 74.5 Å². The van der Waals surface area contributed by atoms with Gasteiger partial charge in [-0.25, -0.2) is 0 Å². The van der Waals surface area contributed by atoms with Crippen molar-refractivity contribution in [2.24, 2.45) is 23.7 Å². The average Bonchev–Trinajstić information content (AvgIpc) is 1.53. The number of ether oxygens (including phenoxy) is 8. The van der Waals surface area contributed by atoms with Gasteiger partial charge in [0.25, 0.3) is 0 Å². The average molecular weight is 1420 g/mol. The van der Waals surface area contributed by atoms with E-state index in [-0.39, 0.29) is 172 Å². The Morgan fingerprint density at radius 1 is 0.822 bits per heavy atom. The van der Waals surface area contributed by atoms with E-state index in [4.69, 9.17) is 50.5 Å². The number of rotatable bonds is 20. The number of hydrogen-bond donors (Lipinski definition) is 5. The molecule has 0 aliphatic carbocycles. The molecule has 1 aromatic heterocycles. The fourth-order valence-electron chi connectivity index (χ4n) is 15.6. The predicted molar refractivity (Wildman–Crippen MR) is 330 cm³/mol. The monoisotopic (exact) mass is 1420 g/mol. The summed E-state index contributed by atoms with van der Waals surface area (Å²) in [5, 5.41) is 23.1. The number of unbranched alkanes of at least 4 members (excludes halogenated alkanes) is 2. The Balaban J connectivity index is 0.00000960. The molecule has 11 heterocycles. The summed E-state index contributed by atoms with van der Waals surface area (Å²) in [5.74, 6) is 2.88. The molecule has 2 unspecified atom stereocenters. The van der Waals surface area contributed by atoms with Gasteiger partial charge in [-0.3, -0.25) is 33.9 Å². The number of ketones is 1. The van der Waals surface area contributed by atoms with E-state index in [0.717, 1.165) is 56.2 Å². The number of nitrogens with zero attached hydrogens (tertiary/aromatic N) is 3. The molecule has 501 valence electrons. The fraction of sp³-hybridized carbons (Fsp3) is 0.776. The molecule has 0 saturated carbocycles. The molecule has 23 heteroatoms. The summed E-state index contributed by atoms with van der Waals surface area (Å²) < 4.78 is 55.5. The Kier molecular flexibility index (Phi) is 24.9. The van der Waals surface area contributed by atoms with Gasteiger partial charge in [0.1, 0.15) is 47.9 Å². The molecule has 1 radical (unpaired) electrons. The molecule has 11 rings (SSSR count). The zero-order valence-electron chi connectivity index (χ0n) is 53.7. The number of carbonyl (C=O) groups excluding carboxylic acids is 5. The van der Waals surface area contributed by atoms with Crippen LogP contribution in [0.5, 0.6) is 0 Å². The largest absolute Gasteiger partial charge is 0.740 e.